The molecule has 0 radical (unpaired) electrons. The average molecular weight is 402 g/mol. The largest absolute Gasteiger partial charge is 0.481 e. The number of carbonyl (C=O) groups excluding carboxylic acids is 1. The molecule has 160 valence electrons. The van der Waals surface area contributed by atoms with Crippen LogP contribution >= 0.6 is 0 Å². The zero-order chi connectivity index (χ0) is 20.4. The van der Waals surface area contributed by atoms with E-state index in [9.17, 15) is 9.59 Å². The second-order valence-corrected chi connectivity index (χ2v) is 9.52. The van der Waals surface area contributed by atoms with Gasteiger partial charge in [-0.05, 0) is 69.3 Å². The Bertz CT molecular complexity index is 743. The summed E-state index contributed by atoms with van der Waals surface area (Å²) in [6.07, 6.45) is 11.3. The highest BCUT2D eigenvalue weighted by molar-refractivity contribution is 5.77. The molecule has 0 bridgehead atoms. The number of amides is 1. The first-order chi connectivity index (χ1) is 14.0. The van der Waals surface area contributed by atoms with Crippen LogP contribution in [0.4, 0.5) is 0 Å². The van der Waals surface area contributed by atoms with Crippen molar-refractivity contribution >= 4 is 11.9 Å². The first-order valence-electron chi connectivity index (χ1n) is 11.6. The molecule has 2 aliphatic carbocycles. The average Bonchev–Trinajstić information content (AvgIpc) is 3.04. The summed E-state index contributed by atoms with van der Waals surface area (Å²) in [6, 6.07) is 0. The molecule has 2 heterocycles. The van der Waals surface area contributed by atoms with Crippen molar-refractivity contribution in [3.8, 4) is 0 Å². The Hall–Kier alpha value is -1.85. The van der Waals surface area contributed by atoms with Crippen molar-refractivity contribution in [2.45, 2.75) is 90.6 Å². The van der Waals surface area contributed by atoms with Gasteiger partial charge in [0.25, 0.3) is 0 Å². The molecule has 1 aromatic heterocycles. The Balaban J connectivity index is 1.36. The Morgan fingerprint density at radius 2 is 1.76 bits per heavy atom. The first kappa shape index (κ1) is 20.4. The maximum atomic E-state index is 13.0. The number of carboxylic acids is 1. The van der Waals surface area contributed by atoms with Gasteiger partial charge in [-0.15, -0.1) is 0 Å². The van der Waals surface area contributed by atoms with Crippen molar-refractivity contribution < 1.29 is 14.7 Å². The lowest BCUT2D eigenvalue weighted by molar-refractivity contribution is -0.143. The Morgan fingerprint density at radius 1 is 1.03 bits per heavy atom. The number of hydrogen-bond donors (Lipinski definition) is 1. The number of carbonyl (C=O) groups is 2. The smallest absolute Gasteiger partial charge is 0.306 e. The number of aliphatic carboxylic acids is 1. The summed E-state index contributed by atoms with van der Waals surface area (Å²) in [6.45, 7) is 4.57. The maximum Gasteiger partial charge on any atom is 0.306 e. The van der Waals surface area contributed by atoms with Crippen molar-refractivity contribution in [2.75, 3.05) is 6.54 Å². The van der Waals surface area contributed by atoms with E-state index in [4.69, 9.17) is 10.2 Å². The summed E-state index contributed by atoms with van der Waals surface area (Å²) in [5, 5.41) is 14.0. The van der Waals surface area contributed by atoms with Crippen LogP contribution < -0.4 is 0 Å². The van der Waals surface area contributed by atoms with Gasteiger partial charge in [-0.25, -0.2) is 0 Å². The molecule has 0 spiro atoms. The number of hydrogen-bond acceptors (Lipinski definition) is 3. The van der Waals surface area contributed by atoms with E-state index < -0.39 is 5.97 Å². The molecule has 1 aromatic rings. The minimum Gasteiger partial charge on any atom is -0.481 e. The zero-order valence-electron chi connectivity index (χ0n) is 17.7. The summed E-state index contributed by atoms with van der Waals surface area (Å²) in [5.74, 6) is 0.407. The minimum absolute atomic E-state index is 0.212. The number of aromatic nitrogens is 2. The van der Waals surface area contributed by atoms with Crippen LogP contribution in [0.15, 0.2) is 0 Å². The monoisotopic (exact) mass is 401 g/mol. The highest BCUT2D eigenvalue weighted by Crippen LogP contribution is 2.33. The maximum absolute atomic E-state index is 13.0. The summed E-state index contributed by atoms with van der Waals surface area (Å²) in [7, 11) is 0. The number of fused-ring (bicyclic) bond motifs is 1. The molecule has 2 saturated carbocycles. The van der Waals surface area contributed by atoms with Crippen molar-refractivity contribution in [3.05, 3.63) is 17.0 Å². The van der Waals surface area contributed by atoms with Gasteiger partial charge in [-0.3, -0.25) is 14.3 Å². The molecule has 3 aliphatic rings. The molecule has 0 atom stereocenters. The van der Waals surface area contributed by atoms with Crippen LogP contribution in [0, 0.1) is 24.7 Å². The fraction of sp³-hybridized carbons (Fsp3) is 0.783. The van der Waals surface area contributed by atoms with Crippen LogP contribution in [0.2, 0.25) is 0 Å². The third-order valence-electron chi connectivity index (χ3n) is 7.51. The number of nitrogens with zero attached hydrogens (tertiary/aromatic N) is 3. The normalized spacial score (nSPS) is 25.6. The molecule has 29 heavy (non-hydrogen) atoms. The Labute approximate surface area is 173 Å². The minimum atomic E-state index is -0.681. The molecule has 1 N–H and O–H groups in total. The van der Waals surface area contributed by atoms with E-state index in [1.54, 1.807) is 0 Å². The van der Waals surface area contributed by atoms with Crippen molar-refractivity contribution in [3.63, 3.8) is 0 Å². The molecule has 0 unspecified atom stereocenters. The highest BCUT2D eigenvalue weighted by atomic mass is 16.4. The van der Waals surface area contributed by atoms with Crippen LogP contribution in [0.3, 0.4) is 0 Å². The van der Waals surface area contributed by atoms with E-state index in [0.29, 0.717) is 31.7 Å². The number of aryl methyl sites for hydroxylation is 1. The van der Waals surface area contributed by atoms with Gasteiger partial charge in [0, 0.05) is 19.5 Å². The van der Waals surface area contributed by atoms with Gasteiger partial charge in [0.05, 0.1) is 23.9 Å². The lowest BCUT2D eigenvalue weighted by Crippen LogP contribution is -2.38. The van der Waals surface area contributed by atoms with Crippen LogP contribution in [0.5, 0.6) is 0 Å². The van der Waals surface area contributed by atoms with Gasteiger partial charge < -0.3 is 10.0 Å². The van der Waals surface area contributed by atoms with E-state index in [-0.39, 0.29) is 11.8 Å². The zero-order valence-corrected chi connectivity index (χ0v) is 17.7. The van der Waals surface area contributed by atoms with Gasteiger partial charge in [-0.1, -0.05) is 19.3 Å². The SMILES string of the molecule is Cc1nn(CC2CCCCC2)c2c1CCN(C(=O)C[C@H]1CC[C@@H](C(=O)O)CC1)C2. The molecular weight excluding hydrogens is 366 g/mol. The van der Waals surface area contributed by atoms with Crippen molar-refractivity contribution in [1.82, 2.24) is 14.7 Å². The number of carboxylic acid groups (broad SMARTS) is 1. The van der Waals surface area contributed by atoms with E-state index in [1.165, 1.54) is 43.4 Å². The van der Waals surface area contributed by atoms with Crippen LogP contribution in [0.1, 0.15) is 81.2 Å². The molecule has 6 nitrogen and oxygen atoms in total. The van der Waals surface area contributed by atoms with Gasteiger partial charge in [-0.2, -0.15) is 5.10 Å². The van der Waals surface area contributed by atoms with E-state index in [1.807, 2.05) is 4.90 Å². The summed E-state index contributed by atoms with van der Waals surface area (Å²) < 4.78 is 2.21. The molecule has 1 amide bonds. The van der Waals surface area contributed by atoms with Crippen LogP contribution in [0.25, 0.3) is 0 Å². The van der Waals surface area contributed by atoms with Gasteiger partial charge in [0.2, 0.25) is 5.91 Å². The number of rotatable bonds is 5. The predicted octanol–water partition coefficient (Wildman–Crippen LogP) is 3.94. The summed E-state index contributed by atoms with van der Waals surface area (Å²) >= 11 is 0. The molecule has 0 saturated heterocycles. The van der Waals surface area contributed by atoms with Crippen LogP contribution in [-0.4, -0.2) is 38.2 Å². The van der Waals surface area contributed by atoms with Gasteiger partial charge in [0.1, 0.15) is 0 Å². The Morgan fingerprint density at radius 3 is 2.45 bits per heavy atom. The fourth-order valence-corrected chi connectivity index (χ4v) is 5.64. The predicted molar refractivity (Wildman–Crippen MR) is 110 cm³/mol. The Kier molecular flexibility index (Phi) is 6.26. The van der Waals surface area contributed by atoms with Crippen molar-refractivity contribution in [1.29, 1.82) is 0 Å². The second-order valence-electron chi connectivity index (χ2n) is 9.52. The fourth-order valence-electron chi connectivity index (χ4n) is 5.64. The van der Waals surface area contributed by atoms with E-state index in [0.717, 1.165) is 44.0 Å². The van der Waals surface area contributed by atoms with Crippen molar-refractivity contribution in [2.24, 2.45) is 17.8 Å². The quantitative estimate of drug-likeness (QED) is 0.811. The molecule has 6 heteroatoms. The van der Waals surface area contributed by atoms with E-state index in [2.05, 4.69) is 11.6 Å². The third kappa shape index (κ3) is 4.67. The lowest BCUT2D eigenvalue weighted by Gasteiger charge is -2.32. The molecule has 1 aliphatic heterocycles. The molecule has 0 aromatic carbocycles. The summed E-state index contributed by atoms with van der Waals surface area (Å²) in [4.78, 5) is 26.1. The molecule has 4 rings (SSSR count). The standard InChI is InChI=1S/C23H35N3O3/c1-16-20-11-12-25(22(27)13-17-7-9-19(10-8-17)23(28)29)15-21(20)26(24-16)14-18-5-3-2-4-6-18/h17-19H,2-15H2,1H3,(H,28,29)/t17-,19+. The highest BCUT2D eigenvalue weighted by Gasteiger charge is 2.31. The molecule has 2 fully saturated rings. The van der Waals surface area contributed by atoms with Crippen LogP contribution in [-0.2, 0) is 29.1 Å². The molecular formula is C23H35N3O3. The topological polar surface area (TPSA) is 75.4 Å². The lowest BCUT2D eigenvalue weighted by atomic mass is 9.80. The van der Waals surface area contributed by atoms with Gasteiger partial charge in [0.15, 0.2) is 0 Å². The van der Waals surface area contributed by atoms with Gasteiger partial charge >= 0.3 is 5.97 Å². The second kappa shape index (κ2) is 8.88. The van der Waals surface area contributed by atoms with E-state index >= 15 is 0 Å². The summed E-state index contributed by atoms with van der Waals surface area (Å²) in [5.41, 5.74) is 3.74. The third-order valence-corrected chi connectivity index (χ3v) is 7.51. The first-order valence-corrected chi connectivity index (χ1v) is 11.6.